The summed E-state index contributed by atoms with van der Waals surface area (Å²) >= 11 is 0. The van der Waals surface area contributed by atoms with E-state index in [0.29, 0.717) is 32.6 Å². The number of aliphatic hydroxyl groups is 2. The third kappa shape index (κ3) is 4.45. The molecular weight excluding hydrogens is 410 g/mol. The first kappa shape index (κ1) is 22.5. The summed E-state index contributed by atoms with van der Waals surface area (Å²) in [6, 6.07) is 10.1. The monoisotopic (exact) mass is 437 g/mol. The van der Waals surface area contributed by atoms with Crippen molar-refractivity contribution in [2.75, 3.05) is 50.2 Å². The highest BCUT2D eigenvalue weighted by molar-refractivity contribution is 5.85. The molecule has 0 bridgehead atoms. The van der Waals surface area contributed by atoms with Crippen molar-refractivity contribution in [2.24, 2.45) is 0 Å². The standard InChI is InChI=1S/C20H27N5O4.ClH/c1-28-20-18-19(21-11-22-20)23(13-25-16(8-26)7-17(25)9-27)12-24(18)14-29-10-15-5-3-2-4-6-15;/h2-6,11,16-17,26-27H,7-10,12-14H2,1H3;1H. The summed E-state index contributed by atoms with van der Waals surface area (Å²) in [5.41, 5.74) is 1.90. The van der Waals surface area contributed by atoms with Crippen molar-refractivity contribution in [3.63, 3.8) is 0 Å². The van der Waals surface area contributed by atoms with Crippen LogP contribution in [-0.2, 0) is 11.3 Å². The van der Waals surface area contributed by atoms with Crippen LogP contribution in [0.15, 0.2) is 36.7 Å². The van der Waals surface area contributed by atoms with Crippen molar-refractivity contribution < 1.29 is 19.7 Å². The number of anilines is 2. The summed E-state index contributed by atoms with van der Waals surface area (Å²) in [7, 11) is 1.59. The molecule has 10 heteroatoms. The molecule has 1 aromatic heterocycles. The zero-order valence-corrected chi connectivity index (χ0v) is 17.7. The van der Waals surface area contributed by atoms with Gasteiger partial charge in [-0.3, -0.25) is 4.90 Å². The smallest absolute Gasteiger partial charge is 0.242 e. The fraction of sp³-hybridized carbons (Fsp3) is 0.500. The minimum atomic E-state index is 0. The van der Waals surface area contributed by atoms with E-state index in [-0.39, 0.29) is 37.7 Å². The number of benzene rings is 1. The summed E-state index contributed by atoms with van der Waals surface area (Å²) in [5, 5.41) is 19.2. The van der Waals surface area contributed by atoms with Gasteiger partial charge in [0.1, 0.15) is 18.7 Å². The Morgan fingerprint density at radius 1 is 1.07 bits per heavy atom. The van der Waals surface area contributed by atoms with E-state index in [4.69, 9.17) is 9.47 Å². The van der Waals surface area contributed by atoms with E-state index in [9.17, 15) is 10.2 Å². The zero-order chi connectivity index (χ0) is 20.2. The third-order valence-corrected chi connectivity index (χ3v) is 5.52. The fourth-order valence-electron chi connectivity index (χ4n) is 3.95. The highest BCUT2D eigenvalue weighted by atomic mass is 35.5. The molecule has 2 unspecified atom stereocenters. The van der Waals surface area contributed by atoms with Gasteiger partial charge >= 0.3 is 0 Å². The van der Waals surface area contributed by atoms with Gasteiger partial charge in [0.05, 0.1) is 40.3 Å². The lowest BCUT2D eigenvalue weighted by Crippen LogP contribution is -2.62. The number of aliphatic hydroxyl groups excluding tert-OH is 2. The van der Waals surface area contributed by atoms with Crippen LogP contribution in [0.25, 0.3) is 0 Å². The second-order valence-corrected chi connectivity index (χ2v) is 7.30. The predicted octanol–water partition coefficient (Wildman–Crippen LogP) is 1.05. The van der Waals surface area contributed by atoms with Crippen LogP contribution in [0.2, 0.25) is 0 Å². The molecule has 4 rings (SSSR count). The molecular formula is C20H28ClN5O4. The number of hydrogen-bond donors (Lipinski definition) is 2. The van der Waals surface area contributed by atoms with Crippen LogP contribution in [-0.4, -0.2) is 77.6 Å². The molecule has 2 N–H and O–H groups in total. The molecule has 1 saturated heterocycles. The average Bonchev–Trinajstić information content (AvgIpc) is 3.10. The quantitative estimate of drug-likeness (QED) is 0.596. The van der Waals surface area contributed by atoms with E-state index in [0.717, 1.165) is 23.5 Å². The molecule has 0 spiro atoms. The average molecular weight is 438 g/mol. The van der Waals surface area contributed by atoms with E-state index in [1.807, 2.05) is 35.2 Å². The predicted molar refractivity (Wildman–Crippen MR) is 115 cm³/mol. The first-order valence-electron chi connectivity index (χ1n) is 9.73. The Bertz CT molecular complexity index is 805. The Hall–Kier alpha value is -2.17. The fourth-order valence-corrected chi connectivity index (χ4v) is 3.95. The highest BCUT2D eigenvalue weighted by Gasteiger charge is 2.41. The molecule has 1 fully saturated rings. The minimum absolute atomic E-state index is 0. The van der Waals surface area contributed by atoms with Gasteiger partial charge in [-0.1, -0.05) is 30.3 Å². The van der Waals surface area contributed by atoms with Crippen molar-refractivity contribution in [1.29, 1.82) is 0 Å². The Kier molecular flexibility index (Phi) is 7.68. The van der Waals surface area contributed by atoms with E-state index in [1.165, 1.54) is 6.33 Å². The maximum atomic E-state index is 9.58. The van der Waals surface area contributed by atoms with Crippen LogP contribution in [0, 0.1) is 0 Å². The van der Waals surface area contributed by atoms with Gasteiger partial charge in [0.15, 0.2) is 5.82 Å². The SMILES string of the molecule is COc1ncnc2c1N(COCc1ccccc1)CN2CN1C(CO)CC1CO.Cl. The van der Waals surface area contributed by atoms with Crippen molar-refractivity contribution in [3.8, 4) is 5.88 Å². The van der Waals surface area contributed by atoms with Gasteiger partial charge in [0, 0.05) is 12.1 Å². The molecule has 2 aliphatic rings. The molecule has 9 nitrogen and oxygen atoms in total. The molecule has 0 amide bonds. The number of likely N-dealkylation sites (tertiary alicyclic amines) is 1. The summed E-state index contributed by atoms with van der Waals surface area (Å²) in [6.45, 7) is 2.15. The zero-order valence-electron chi connectivity index (χ0n) is 16.9. The molecule has 0 radical (unpaired) electrons. The van der Waals surface area contributed by atoms with Gasteiger partial charge in [0.2, 0.25) is 5.88 Å². The third-order valence-electron chi connectivity index (χ3n) is 5.52. The second-order valence-electron chi connectivity index (χ2n) is 7.30. The highest BCUT2D eigenvalue weighted by Crippen LogP contribution is 2.41. The van der Waals surface area contributed by atoms with Crippen molar-refractivity contribution >= 4 is 23.9 Å². The van der Waals surface area contributed by atoms with Crippen molar-refractivity contribution in [3.05, 3.63) is 42.2 Å². The maximum Gasteiger partial charge on any atom is 0.242 e. The van der Waals surface area contributed by atoms with Crippen LogP contribution in [0.1, 0.15) is 12.0 Å². The number of hydrogen-bond acceptors (Lipinski definition) is 9. The molecule has 0 aliphatic carbocycles. The van der Waals surface area contributed by atoms with Gasteiger partial charge in [-0.15, -0.1) is 12.4 Å². The van der Waals surface area contributed by atoms with Gasteiger partial charge in [-0.2, -0.15) is 4.98 Å². The first-order valence-corrected chi connectivity index (χ1v) is 9.73. The Labute approximate surface area is 182 Å². The summed E-state index contributed by atoms with van der Waals surface area (Å²) in [5.74, 6) is 1.27. The number of fused-ring (bicyclic) bond motifs is 1. The van der Waals surface area contributed by atoms with Crippen molar-refractivity contribution in [2.45, 2.75) is 25.1 Å². The lowest BCUT2D eigenvalue weighted by Gasteiger charge is -2.48. The van der Waals surface area contributed by atoms with Crippen LogP contribution in [0.4, 0.5) is 11.5 Å². The first-order chi connectivity index (χ1) is 14.2. The van der Waals surface area contributed by atoms with E-state index < -0.39 is 0 Å². The summed E-state index contributed by atoms with van der Waals surface area (Å²) in [6.07, 6.45) is 2.28. The number of ether oxygens (including phenoxy) is 2. The van der Waals surface area contributed by atoms with Crippen LogP contribution in [0.3, 0.4) is 0 Å². The molecule has 2 aromatic rings. The van der Waals surface area contributed by atoms with Crippen molar-refractivity contribution in [1.82, 2.24) is 14.9 Å². The largest absolute Gasteiger partial charge is 0.479 e. The number of rotatable bonds is 9. The van der Waals surface area contributed by atoms with E-state index >= 15 is 0 Å². The Balaban J connectivity index is 0.00000256. The molecule has 164 valence electrons. The van der Waals surface area contributed by atoms with Gasteiger partial charge < -0.3 is 29.5 Å². The molecule has 0 saturated carbocycles. The molecule has 1 aromatic carbocycles. The molecule has 2 atom stereocenters. The molecule has 3 heterocycles. The van der Waals surface area contributed by atoms with Crippen LogP contribution >= 0.6 is 12.4 Å². The summed E-state index contributed by atoms with van der Waals surface area (Å²) in [4.78, 5) is 14.9. The lowest BCUT2D eigenvalue weighted by atomic mass is 9.94. The Morgan fingerprint density at radius 2 is 1.80 bits per heavy atom. The number of nitrogens with zero attached hydrogens (tertiary/aromatic N) is 5. The minimum Gasteiger partial charge on any atom is -0.479 e. The molecule has 2 aliphatic heterocycles. The van der Waals surface area contributed by atoms with E-state index in [1.54, 1.807) is 7.11 Å². The number of aromatic nitrogens is 2. The number of halogens is 1. The summed E-state index contributed by atoms with van der Waals surface area (Å²) < 4.78 is 11.4. The van der Waals surface area contributed by atoms with Gasteiger partial charge in [-0.25, -0.2) is 4.98 Å². The number of methoxy groups -OCH3 is 1. The van der Waals surface area contributed by atoms with Gasteiger partial charge in [0.25, 0.3) is 0 Å². The lowest BCUT2D eigenvalue weighted by molar-refractivity contribution is -0.0406. The normalized spacial score (nSPS) is 20.5. The van der Waals surface area contributed by atoms with Gasteiger partial charge in [-0.05, 0) is 12.0 Å². The Morgan fingerprint density at radius 3 is 2.47 bits per heavy atom. The van der Waals surface area contributed by atoms with E-state index in [2.05, 4.69) is 19.8 Å². The van der Waals surface area contributed by atoms with Crippen LogP contribution < -0.4 is 14.5 Å². The topological polar surface area (TPSA) is 94.4 Å². The maximum absolute atomic E-state index is 9.58. The van der Waals surface area contributed by atoms with Crippen LogP contribution in [0.5, 0.6) is 5.88 Å². The second kappa shape index (κ2) is 10.2. The molecule has 30 heavy (non-hydrogen) atoms.